The third kappa shape index (κ3) is 6.67. The summed E-state index contributed by atoms with van der Waals surface area (Å²) >= 11 is 7.57. The average Bonchev–Trinajstić information content (AvgIpc) is 2.85. The van der Waals surface area contributed by atoms with Gasteiger partial charge in [-0.05, 0) is 56.9 Å². The van der Waals surface area contributed by atoms with Crippen LogP contribution in [0.3, 0.4) is 0 Å². The Kier molecular flexibility index (Phi) is 8.55. The van der Waals surface area contributed by atoms with Gasteiger partial charge in [-0.25, -0.2) is 9.97 Å². The number of benzene rings is 1. The van der Waals surface area contributed by atoms with Gasteiger partial charge in [-0.3, -0.25) is 9.59 Å². The molecule has 1 unspecified atom stereocenters. The van der Waals surface area contributed by atoms with Crippen molar-refractivity contribution in [3.05, 3.63) is 40.5 Å². The van der Waals surface area contributed by atoms with E-state index in [4.69, 9.17) is 11.6 Å². The van der Waals surface area contributed by atoms with E-state index in [9.17, 15) is 9.59 Å². The van der Waals surface area contributed by atoms with E-state index in [1.54, 1.807) is 6.07 Å². The van der Waals surface area contributed by atoms with Crippen molar-refractivity contribution >= 4 is 46.7 Å². The Bertz CT molecular complexity index is 1080. The molecule has 1 saturated carbocycles. The van der Waals surface area contributed by atoms with Crippen LogP contribution in [0.4, 0.5) is 11.5 Å². The van der Waals surface area contributed by atoms with Crippen molar-refractivity contribution < 1.29 is 9.59 Å². The van der Waals surface area contributed by atoms with Crippen LogP contribution in [0.5, 0.6) is 0 Å². The Labute approximate surface area is 217 Å². The summed E-state index contributed by atoms with van der Waals surface area (Å²) in [5.41, 5.74) is 3.10. The van der Waals surface area contributed by atoms with Gasteiger partial charge < -0.3 is 15.1 Å². The van der Waals surface area contributed by atoms with Crippen molar-refractivity contribution in [3.8, 4) is 0 Å². The molecule has 188 valence electrons. The topological polar surface area (TPSA) is 78.4 Å². The SMILES string of the molecule is Cc1ccc(NC(=O)CSc2nc(Cl)cc(N3CCN(C(=O)C4CCCCC4)C(C)C3)n2)cc1C. The lowest BCUT2D eigenvalue weighted by Gasteiger charge is -2.42. The summed E-state index contributed by atoms with van der Waals surface area (Å²) in [5.74, 6) is 1.30. The maximum atomic E-state index is 13.0. The van der Waals surface area contributed by atoms with Crippen LogP contribution in [0.1, 0.15) is 50.2 Å². The number of hydrogen-bond donors (Lipinski definition) is 1. The van der Waals surface area contributed by atoms with Gasteiger partial charge in [-0.2, -0.15) is 0 Å². The highest BCUT2D eigenvalue weighted by Crippen LogP contribution is 2.29. The van der Waals surface area contributed by atoms with E-state index in [1.165, 1.54) is 23.7 Å². The first kappa shape index (κ1) is 25.8. The largest absolute Gasteiger partial charge is 0.353 e. The number of nitrogens with one attached hydrogen (secondary N) is 1. The van der Waals surface area contributed by atoms with E-state index in [-0.39, 0.29) is 23.6 Å². The standard InChI is InChI=1S/C26H34ClN5O2S/c1-17-9-10-21(13-18(17)2)28-24(33)16-35-26-29-22(27)14-23(30-26)31-11-12-32(19(3)15-31)25(34)20-7-5-4-6-8-20/h9-10,13-14,19-20H,4-8,11-12,15-16H2,1-3H3,(H,28,33). The van der Waals surface area contributed by atoms with E-state index in [0.717, 1.165) is 42.8 Å². The molecule has 9 heteroatoms. The fourth-order valence-electron chi connectivity index (χ4n) is 4.84. The molecule has 2 amide bonds. The normalized spacial score (nSPS) is 19.0. The number of aromatic nitrogens is 2. The first-order chi connectivity index (χ1) is 16.8. The number of anilines is 2. The van der Waals surface area contributed by atoms with Gasteiger partial charge in [0.1, 0.15) is 11.0 Å². The lowest BCUT2D eigenvalue weighted by atomic mass is 9.88. The van der Waals surface area contributed by atoms with Crippen LogP contribution in [0.15, 0.2) is 29.4 Å². The Hall–Kier alpha value is -2.32. The van der Waals surface area contributed by atoms with Gasteiger partial charge >= 0.3 is 0 Å². The van der Waals surface area contributed by atoms with Crippen molar-refractivity contribution in [3.63, 3.8) is 0 Å². The van der Waals surface area contributed by atoms with Crippen molar-refractivity contribution in [2.45, 2.75) is 64.1 Å². The minimum atomic E-state index is -0.119. The maximum Gasteiger partial charge on any atom is 0.234 e. The minimum Gasteiger partial charge on any atom is -0.353 e. The van der Waals surface area contributed by atoms with E-state index in [2.05, 4.69) is 27.1 Å². The highest BCUT2D eigenvalue weighted by Gasteiger charge is 2.33. The fraction of sp³-hybridized carbons (Fsp3) is 0.538. The number of carbonyl (C=O) groups excluding carboxylic acids is 2. The molecule has 2 heterocycles. The van der Waals surface area contributed by atoms with Crippen LogP contribution in [0.25, 0.3) is 0 Å². The van der Waals surface area contributed by atoms with Gasteiger partial charge in [0.05, 0.1) is 5.75 Å². The first-order valence-electron chi connectivity index (χ1n) is 12.4. The number of aryl methyl sites for hydroxylation is 2. The monoisotopic (exact) mass is 515 g/mol. The second-order valence-corrected chi connectivity index (χ2v) is 11.0. The number of piperazine rings is 1. The zero-order valence-electron chi connectivity index (χ0n) is 20.7. The van der Waals surface area contributed by atoms with Crippen LogP contribution >= 0.6 is 23.4 Å². The van der Waals surface area contributed by atoms with Gasteiger partial charge in [-0.1, -0.05) is 48.7 Å². The van der Waals surface area contributed by atoms with Crippen LogP contribution < -0.4 is 10.2 Å². The summed E-state index contributed by atoms with van der Waals surface area (Å²) in [6.07, 6.45) is 5.60. The summed E-state index contributed by atoms with van der Waals surface area (Å²) < 4.78 is 0. The van der Waals surface area contributed by atoms with E-state index < -0.39 is 0 Å². The van der Waals surface area contributed by atoms with E-state index >= 15 is 0 Å². The first-order valence-corrected chi connectivity index (χ1v) is 13.8. The molecular weight excluding hydrogens is 482 g/mol. The van der Waals surface area contributed by atoms with Gasteiger partial charge in [0.25, 0.3) is 0 Å². The predicted molar refractivity (Wildman–Crippen MR) is 142 cm³/mol. The average molecular weight is 516 g/mol. The third-order valence-corrected chi connectivity index (χ3v) is 8.01. The number of hydrogen-bond acceptors (Lipinski definition) is 6. The van der Waals surface area contributed by atoms with Gasteiger partial charge in [-0.15, -0.1) is 0 Å². The highest BCUT2D eigenvalue weighted by molar-refractivity contribution is 7.99. The summed E-state index contributed by atoms with van der Waals surface area (Å²) in [7, 11) is 0. The summed E-state index contributed by atoms with van der Waals surface area (Å²) in [6.45, 7) is 8.24. The van der Waals surface area contributed by atoms with Crippen LogP contribution in [-0.2, 0) is 9.59 Å². The molecule has 2 aliphatic rings. The number of carbonyl (C=O) groups is 2. The van der Waals surface area contributed by atoms with Gasteiger partial charge in [0.2, 0.25) is 11.8 Å². The number of thioether (sulfide) groups is 1. The van der Waals surface area contributed by atoms with Crippen LogP contribution in [0, 0.1) is 19.8 Å². The molecule has 1 aliphatic heterocycles. The molecule has 0 spiro atoms. The molecule has 1 aromatic heterocycles. The van der Waals surface area contributed by atoms with Gasteiger partial charge in [0.15, 0.2) is 5.16 Å². The molecule has 35 heavy (non-hydrogen) atoms. The van der Waals surface area contributed by atoms with Crippen LogP contribution in [-0.4, -0.2) is 58.1 Å². The molecule has 2 aromatic rings. The summed E-state index contributed by atoms with van der Waals surface area (Å²) in [6, 6.07) is 7.72. The van der Waals surface area contributed by atoms with Crippen LogP contribution in [0.2, 0.25) is 5.15 Å². The quantitative estimate of drug-likeness (QED) is 0.328. The molecule has 1 saturated heterocycles. The van der Waals surface area contributed by atoms with Crippen molar-refractivity contribution in [2.24, 2.45) is 5.92 Å². The molecule has 1 aliphatic carbocycles. The highest BCUT2D eigenvalue weighted by atomic mass is 35.5. The molecule has 1 atom stereocenters. The molecule has 7 nitrogen and oxygen atoms in total. The lowest BCUT2D eigenvalue weighted by molar-refractivity contribution is -0.139. The zero-order valence-corrected chi connectivity index (χ0v) is 22.3. The smallest absolute Gasteiger partial charge is 0.234 e. The summed E-state index contributed by atoms with van der Waals surface area (Å²) in [5, 5.41) is 3.74. The Morgan fingerprint density at radius 3 is 2.57 bits per heavy atom. The predicted octanol–water partition coefficient (Wildman–Crippen LogP) is 5.10. The Morgan fingerprint density at radius 1 is 1.09 bits per heavy atom. The molecule has 1 N–H and O–H groups in total. The van der Waals surface area contributed by atoms with Gasteiger partial charge in [0, 0.05) is 43.3 Å². The molecule has 2 fully saturated rings. The maximum absolute atomic E-state index is 13.0. The number of nitrogens with zero attached hydrogens (tertiary/aromatic N) is 4. The summed E-state index contributed by atoms with van der Waals surface area (Å²) in [4.78, 5) is 38.7. The van der Waals surface area contributed by atoms with E-state index in [0.29, 0.717) is 35.9 Å². The molecule has 4 rings (SSSR count). The third-order valence-electron chi connectivity index (χ3n) is 6.97. The Balaban J connectivity index is 1.34. The number of rotatable bonds is 6. The van der Waals surface area contributed by atoms with Crippen molar-refractivity contribution in [1.82, 2.24) is 14.9 Å². The molecule has 0 radical (unpaired) electrons. The Morgan fingerprint density at radius 2 is 1.86 bits per heavy atom. The second kappa shape index (κ2) is 11.6. The van der Waals surface area contributed by atoms with E-state index in [1.807, 2.05) is 36.9 Å². The number of halogens is 1. The fourth-order valence-corrected chi connectivity index (χ4v) is 5.72. The van der Waals surface area contributed by atoms with Crippen molar-refractivity contribution in [1.29, 1.82) is 0 Å². The lowest BCUT2D eigenvalue weighted by Crippen LogP contribution is -2.55. The minimum absolute atomic E-state index is 0.103. The molecule has 1 aromatic carbocycles. The second-order valence-electron chi connectivity index (χ2n) is 9.63. The number of amides is 2. The molecule has 0 bridgehead atoms. The molecular formula is C26H34ClN5O2S. The zero-order chi connectivity index (χ0) is 24.9. The van der Waals surface area contributed by atoms with Crippen molar-refractivity contribution in [2.75, 3.05) is 35.6 Å².